The summed E-state index contributed by atoms with van der Waals surface area (Å²) in [6.45, 7) is 5.23. The molecule has 0 saturated heterocycles. The SMILES string of the molecule is Cc1ccccc1[C@@H](C)NCCCCCC(=O)O. The molecule has 1 atom stereocenters. The van der Waals surface area contributed by atoms with Crippen molar-refractivity contribution in [1.29, 1.82) is 0 Å². The Hall–Kier alpha value is -1.35. The first-order chi connectivity index (χ1) is 8.61. The van der Waals surface area contributed by atoms with Crippen LogP contribution in [0, 0.1) is 6.92 Å². The van der Waals surface area contributed by atoms with Crippen LogP contribution in [0.1, 0.15) is 49.8 Å². The molecule has 0 aromatic heterocycles. The molecule has 2 N–H and O–H groups in total. The predicted molar refractivity (Wildman–Crippen MR) is 73.7 cm³/mol. The van der Waals surface area contributed by atoms with E-state index in [1.807, 2.05) is 0 Å². The van der Waals surface area contributed by atoms with E-state index in [1.165, 1.54) is 11.1 Å². The number of carboxylic acids is 1. The van der Waals surface area contributed by atoms with E-state index in [1.54, 1.807) is 0 Å². The van der Waals surface area contributed by atoms with Crippen molar-refractivity contribution in [2.75, 3.05) is 6.54 Å². The number of hydrogen-bond acceptors (Lipinski definition) is 2. The number of carboxylic acid groups (broad SMARTS) is 1. The van der Waals surface area contributed by atoms with Crippen LogP contribution in [-0.2, 0) is 4.79 Å². The molecular weight excluding hydrogens is 226 g/mol. The van der Waals surface area contributed by atoms with Gasteiger partial charge in [0.05, 0.1) is 0 Å². The lowest BCUT2D eigenvalue weighted by molar-refractivity contribution is -0.137. The number of unbranched alkanes of at least 4 members (excludes halogenated alkanes) is 2. The Labute approximate surface area is 109 Å². The fourth-order valence-corrected chi connectivity index (χ4v) is 2.08. The molecule has 0 saturated carbocycles. The maximum Gasteiger partial charge on any atom is 0.303 e. The maximum absolute atomic E-state index is 10.3. The van der Waals surface area contributed by atoms with Crippen LogP contribution in [-0.4, -0.2) is 17.6 Å². The third-order valence-electron chi connectivity index (χ3n) is 3.17. The van der Waals surface area contributed by atoms with Crippen LogP contribution in [0.3, 0.4) is 0 Å². The molecule has 0 unspecified atom stereocenters. The number of nitrogens with one attached hydrogen (secondary N) is 1. The average Bonchev–Trinajstić information content (AvgIpc) is 2.33. The Morgan fingerprint density at radius 1 is 1.28 bits per heavy atom. The first kappa shape index (κ1) is 14.7. The zero-order valence-corrected chi connectivity index (χ0v) is 11.3. The van der Waals surface area contributed by atoms with E-state index in [9.17, 15) is 4.79 Å². The number of aliphatic carboxylic acids is 1. The lowest BCUT2D eigenvalue weighted by Crippen LogP contribution is -2.20. The quantitative estimate of drug-likeness (QED) is 0.695. The molecule has 18 heavy (non-hydrogen) atoms. The minimum Gasteiger partial charge on any atom is -0.481 e. The normalized spacial score (nSPS) is 12.3. The van der Waals surface area contributed by atoms with Crippen LogP contribution in [0.25, 0.3) is 0 Å². The molecule has 0 aliphatic rings. The fourth-order valence-electron chi connectivity index (χ4n) is 2.08. The molecule has 100 valence electrons. The largest absolute Gasteiger partial charge is 0.481 e. The molecular formula is C15H23NO2. The van der Waals surface area contributed by atoms with Crippen molar-refractivity contribution in [2.45, 2.75) is 45.6 Å². The Morgan fingerprint density at radius 2 is 2.00 bits per heavy atom. The number of rotatable bonds is 8. The van der Waals surface area contributed by atoms with Crippen LogP contribution < -0.4 is 5.32 Å². The second-order valence-electron chi connectivity index (χ2n) is 4.74. The van der Waals surface area contributed by atoms with E-state index in [-0.39, 0.29) is 6.42 Å². The van der Waals surface area contributed by atoms with Gasteiger partial charge < -0.3 is 10.4 Å². The molecule has 0 amide bonds. The number of carbonyl (C=O) groups is 1. The minimum atomic E-state index is -0.698. The van der Waals surface area contributed by atoms with E-state index >= 15 is 0 Å². The Balaban J connectivity index is 2.20. The van der Waals surface area contributed by atoms with Crippen molar-refractivity contribution >= 4 is 5.97 Å². The van der Waals surface area contributed by atoms with E-state index in [2.05, 4.69) is 43.4 Å². The highest BCUT2D eigenvalue weighted by molar-refractivity contribution is 5.66. The van der Waals surface area contributed by atoms with Gasteiger partial charge in [-0.3, -0.25) is 4.79 Å². The second kappa shape index (κ2) is 7.88. The van der Waals surface area contributed by atoms with Crippen LogP contribution in [0.5, 0.6) is 0 Å². The minimum absolute atomic E-state index is 0.285. The van der Waals surface area contributed by atoms with Gasteiger partial charge in [0.15, 0.2) is 0 Å². The maximum atomic E-state index is 10.3. The summed E-state index contributed by atoms with van der Waals surface area (Å²) in [6, 6.07) is 8.74. The van der Waals surface area contributed by atoms with Gasteiger partial charge in [0.1, 0.15) is 0 Å². The van der Waals surface area contributed by atoms with Gasteiger partial charge in [-0.15, -0.1) is 0 Å². The lowest BCUT2D eigenvalue weighted by Gasteiger charge is -2.16. The third kappa shape index (κ3) is 5.32. The fraction of sp³-hybridized carbons (Fsp3) is 0.533. The van der Waals surface area contributed by atoms with E-state index in [4.69, 9.17) is 5.11 Å². The molecule has 0 fully saturated rings. The highest BCUT2D eigenvalue weighted by Gasteiger charge is 2.06. The number of benzene rings is 1. The van der Waals surface area contributed by atoms with Crippen LogP contribution in [0.15, 0.2) is 24.3 Å². The van der Waals surface area contributed by atoms with Gasteiger partial charge in [-0.25, -0.2) is 0 Å². The zero-order valence-electron chi connectivity index (χ0n) is 11.3. The van der Waals surface area contributed by atoms with Gasteiger partial charge in [-0.05, 0) is 44.4 Å². The number of aryl methyl sites for hydroxylation is 1. The molecule has 1 rings (SSSR count). The lowest BCUT2D eigenvalue weighted by atomic mass is 10.0. The zero-order chi connectivity index (χ0) is 13.4. The van der Waals surface area contributed by atoms with Crippen LogP contribution >= 0.6 is 0 Å². The number of hydrogen-bond donors (Lipinski definition) is 2. The predicted octanol–water partition coefficient (Wildman–Crippen LogP) is 3.29. The van der Waals surface area contributed by atoms with Crippen molar-refractivity contribution in [1.82, 2.24) is 5.32 Å². The van der Waals surface area contributed by atoms with Gasteiger partial charge in [-0.1, -0.05) is 30.7 Å². The standard InChI is InChI=1S/C15H23NO2/c1-12-8-5-6-9-14(12)13(2)16-11-7-3-4-10-15(17)18/h5-6,8-9,13,16H,3-4,7,10-11H2,1-2H3,(H,17,18)/t13-/m1/s1. The Bertz CT molecular complexity index is 377. The smallest absolute Gasteiger partial charge is 0.303 e. The molecule has 0 aliphatic carbocycles. The third-order valence-corrected chi connectivity index (χ3v) is 3.17. The van der Waals surface area contributed by atoms with Crippen molar-refractivity contribution in [3.05, 3.63) is 35.4 Å². The highest BCUT2D eigenvalue weighted by Crippen LogP contribution is 2.16. The Kier molecular flexibility index (Phi) is 6.44. The van der Waals surface area contributed by atoms with Crippen LogP contribution in [0.2, 0.25) is 0 Å². The van der Waals surface area contributed by atoms with Gasteiger partial charge in [0.25, 0.3) is 0 Å². The molecule has 3 heteroatoms. The molecule has 1 aromatic rings. The summed E-state index contributed by atoms with van der Waals surface area (Å²) in [5.74, 6) is -0.698. The summed E-state index contributed by atoms with van der Waals surface area (Å²) in [5.41, 5.74) is 2.64. The van der Waals surface area contributed by atoms with Gasteiger partial charge in [0.2, 0.25) is 0 Å². The molecule has 0 bridgehead atoms. The van der Waals surface area contributed by atoms with Gasteiger partial charge in [-0.2, -0.15) is 0 Å². The van der Waals surface area contributed by atoms with Gasteiger partial charge >= 0.3 is 5.97 Å². The molecule has 0 spiro atoms. The molecule has 0 aliphatic heterocycles. The first-order valence-corrected chi connectivity index (χ1v) is 6.62. The summed E-state index contributed by atoms with van der Waals surface area (Å²) in [6.07, 6.45) is 3.06. The first-order valence-electron chi connectivity index (χ1n) is 6.62. The van der Waals surface area contributed by atoms with E-state index in [0.29, 0.717) is 6.04 Å². The highest BCUT2D eigenvalue weighted by atomic mass is 16.4. The summed E-state index contributed by atoms with van der Waals surface area (Å²) in [5, 5.41) is 12.0. The molecule has 0 heterocycles. The summed E-state index contributed by atoms with van der Waals surface area (Å²) in [7, 11) is 0. The molecule has 1 aromatic carbocycles. The van der Waals surface area contributed by atoms with Crippen molar-refractivity contribution in [3.63, 3.8) is 0 Å². The molecule has 3 nitrogen and oxygen atoms in total. The summed E-state index contributed by atoms with van der Waals surface area (Å²) < 4.78 is 0. The van der Waals surface area contributed by atoms with Crippen molar-refractivity contribution in [3.8, 4) is 0 Å². The average molecular weight is 249 g/mol. The van der Waals surface area contributed by atoms with Crippen LogP contribution in [0.4, 0.5) is 0 Å². The summed E-state index contributed by atoms with van der Waals surface area (Å²) in [4.78, 5) is 10.3. The monoisotopic (exact) mass is 249 g/mol. The second-order valence-corrected chi connectivity index (χ2v) is 4.74. The van der Waals surface area contributed by atoms with Crippen molar-refractivity contribution < 1.29 is 9.90 Å². The summed E-state index contributed by atoms with van der Waals surface area (Å²) >= 11 is 0. The van der Waals surface area contributed by atoms with E-state index in [0.717, 1.165) is 25.8 Å². The molecule has 0 radical (unpaired) electrons. The van der Waals surface area contributed by atoms with Gasteiger partial charge in [0, 0.05) is 12.5 Å². The Morgan fingerprint density at radius 3 is 2.67 bits per heavy atom. The van der Waals surface area contributed by atoms with Crippen molar-refractivity contribution in [2.24, 2.45) is 0 Å². The van der Waals surface area contributed by atoms with E-state index < -0.39 is 5.97 Å². The topological polar surface area (TPSA) is 49.3 Å².